The fourth-order valence-corrected chi connectivity index (χ4v) is 3.06. The van der Waals surface area contributed by atoms with E-state index in [9.17, 15) is 14.9 Å². The lowest BCUT2D eigenvalue weighted by atomic mass is 10.1. The van der Waals surface area contributed by atoms with Crippen molar-refractivity contribution in [1.82, 2.24) is 4.90 Å². The standard InChI is InChI=1S/C14H18N2O4S/c1-4-7-20-14(18)10(8-15)13-16(5-2)12(17)11(21-13)9-19-6-3/h4,9-10,13H,1,5-7H2,2-3H3/b11-9-/t10-,13?/m0/s1. The molecule has 2 atom stereocenters. The van der Waals surface area contributed by atoms with Crippen LogP contribution in [0.5, 0.6) is 0 Å². The maximum atomic E-state index is 12.2. The average molecular weight is 310 g/mol. The van der Waals surface area contributed by atoms with Gasteiger partial charge in [0.25, 0.3) is 5.91 Å². The summed E-state index contributed by atoms with van der Waals surface area (Å²) in [5.74, 6) is -1.94. The molecule has 1 heterocycles. The number of esters is 1. The highest BCUT2D eigenvalue weighted by Gasteiger charge is 2.44. The molecule has 1 rings (SSSR count). The summed E-state index contributed by atoms with van der Waals surface area (Å²) >= 11 is 1.15. The summed E-state index contributed by atoms with van der Waals surface area (Å²) in [6, 6.07) is 1.92. The third kappa shape index (κ3) is 4.02. The second kappa shape index (κ2) is 8.37. The van der Waals surface area contributed by atoms with Crippen LogP contribution in [0, 0.1) is 17.2 Å². The minimum absolute atomic E-state index is 0.0378. The van der Waals surface area contributed by atoms with Crippen molar-refractivity contribution in [2.24, 2.45) is 5.92 Å². The molecule has 7 heteroatoms. The van der Waals surface area contributed by atoms with Crippen LogP contribution in [0.3, 0.4) is 0 Å². The molecule has 1 aliphatic heterocycles. The van der Waals surface area contributed by atoms with E-state index in [2.05, 4.69) is 6.58 Å². The summed E-state index contributed by atoms with van der Waals surface area (Å²) in [5, 5.41) is 8.64. The SMILES string of the molecule is C=CCOC(=O)[C@@H](C#N)C1S/C(=C\OCC)C(=O)N1CC. The quantitative estimate of drug-likeness (QED) is 0.308. The average Bonchev–Trinajstić information content (AvgIpc) is 2.79. The van der Waals surface area contributed by atoms with Gasteiger partial charge in [0.1, 0.15) is 23.1 Å². The van der Waals surface area contributed by atoms with Gasteiger partial charge in [-0.05, 0) is 13.8 Å². The maximum absolute atomic E-state index is 12.2. The maximum Gasteiger partial charge on any atom is 0.326 e. The van der Waals surface area contributed by atoms with Crippen LogP contribution in [-0.4, -0.2) is 41.9 Å². The number of nitrogens with zero attached hydrogens (tertiary/aromatic N) is 2. The van der Waals surface area contributed by atoms with E-state index < -0.39 is 17.3 Å². The van der Waals surface area contributed by atoms with Crippen molar-refractivity contribution < 1.29 is 19.1 Å². The second-order valence-corrected chi connectivity index (χ2v) is 5.22. The molecule has 0 aromatic carbocycles. The largest absolute Gasteiger partial charge is 0.500 e. The summed E-state index contributed by atoms with van der Waals surface area (Å²) in [6.07, 6.45) is 2.80. The Hall–Kier alpha value is -1.94. The predicted octanol–water partition coefficient (Wildman–Crippen LogP) is 1.65. The van der Waals surface area contributed by atoms with E-state index in [0.717, 1.165) is 11.8 Å². The summed E-state index contributed by atoms with van der Waals surface area (Å²) in [6.45, 7) is 7.92. The highest BCUT2D eigenvalue weighted by Crippen LogP contribution is 2.39. The van der Waals surface area contributed by atoms with Crippen molar-refractivity contribution in [2.45, 2.75) is 19.2 Å². The first kappa shape index (κ1) is 17.1. The summed E-state index contributed by atoms with van der Waals surface area (Å²) in [7, 11) is 0. The fourth-order valence-electron chi connectivity index (χ4n) is 1.77. The summed E-state index contributed by atoms with van der Waals surface area (Å²) in [4.78, 5) is 26.0. The number of hydrogen-bond donors (Lipinski definition) is 0. The Balaban J connectivity index is 2.93. The van der Waals surface area contributed by atoms with Gasteiger partial charge >= 0.3 is 5.97 Å². The van der Waals surface area contributed by atoms with Crippen LogP contribution in [0.15, 0.2) is 23.8 Å². The van der Waals surface area contributed by atoms with Crippen LogP contribution in [0.2, 0.25) is 0 Å². The number of carbonyl (C=O) groups is 2. The number of rotatable bonds is 7. The van der Waals surface area contributed by atoms with Crippen molar-refractivity contribution in [3.8, 4) is 6.07 Å². The first-order chi connectivity index (χ1) is 10.1. The molecule has 0 radical (unpaired) electrons. The van der Waals surface area contributed by atoms with E-state index >= 15 is 0 Å². The third-order valence-corrected chi connectivity index (χ3v) is 4.04. The van der Waals surface area contributed by atoms with E-state index in [1.807, 2.05) is 6.07 Å². The molecule has 0 spiro atoms. The van der Waals surface area contributed by atoms with Gasteiger partial charge in [0.2, 0.25) is 0 Å². The van der Waals surface area contributed by atoms with E-state index in [1.54, 1.807) is 13.8 Å². The van der Waals surface area contributed by atoms with Gasteiger partial charge < -0.3 is 14.4 Å². The van der Waals surface area contributed by atoms with Gasteiger partial charge in [-0.25, -0.2) is 0 Å². The third-order valence-electron chi connectivity index (χ3n) is 2.75. The van der Waals surface area contributed by atoms with Gasteiger partial charge in [-0.1, -0.05) is 24.4 Å². The lowest BCUT2D eigenvalue weighted by Gasteiger charge is -2.24. The van der Waals surface area contributed by atoms with Crippen molar-refractivity contribution in [1.29, 1.82) is 5.26 Å². The second-order valence-electron chi connectivity index (χ2n) is 4.06. The molecular weight excluding hydrogens is 292 g/mol. The van der Waals surface area contributed by atoms with Gasteiger partial charge in [-0.2, -0.15) is 5.26 Å². The molecule has 0 N–H and O–H groups in total. The van der Waals surface area contributed by atoms with Crippen LogP contribution in [-0.2, 0) is 19.1 Å². The van der Waals surface area contributed by atoms with Gasteiger partial charge in [0.15, 0.2) is 5.92 Å². The summed E-state index contributed by atoms with van der Waals surface area (Å²) in [5.41, 5.74) is 0. The zero-order chi connectivity index (χ0) is 15.8. The molecule has 0 aromatic rings. The lowest BCUT2D eigenvalue weighted by molar-refractivity contribution is -0.146. The first-order valence-corrected chi connectivity index (χ1v) is 7.45. The zero-order valence-corrected chi connectivity index (χ0v) is 12.9. The number of likely N-dealkylation sites (N-methyl/N-ethyl adjacent to an activating group) is 1. The van der Waals surface area contributed by atoms with Crippen LogP contribution in [0.25, 0.3) is 0 Å². The van der Waals surface area contributed by atoms with E-state index in [4.69, 9.17) is 9.47 Å². The Kier molecular flexibility index (Phi) is 6.82. The predicted molar refractivity (Wildman–Crippen MR) is 78.7 cm³/mol. The Labute approximate surface area is 128 Å². The fraction of sp³-hybridized carbons (Fsp3) is 0.500. The smallest absolute Gasteiger partial charge is 0.326 e. The molecule has 1 saturated heterocycles. The molecule has 1 aliphatic rings. The minimum Gasteiger partial charge on any atom is -0.500 e. The van der Waals surface area contributed by atoms with Crippen molar-refractivity contribution >= 4 is 23.6 Å². The molecule has 0 saturated carbocycles. The molecule has 114 valence electrons. The Bertz CT molecular complexity index is 484. The molecule has 1 fully saturated rings. The normalized spacial score (nSPS) is 21.0. The van der Waals surface area contributed by atoms with Gasteiger partial charge in [0, 0.05) is 6.54 Å². The highest BCUT2D eigenvalue weighted by atomic mass is 32.2. The number of carbonyl (C=O) groups excluding carboxylic acids is 2. The van der Waals surface area contributed by atoms with Gasteiger partial charge in [0.05, 0.1) is 12.7 Å². The van der Waals surface area contributed by atoms with E-state index in [-0.39, 0.29) is 12.5 Å². The Morgan fingerprint density at radius 1 is 1.62 bits per heavy atom. The number of amides is 1. The van der Waals surface area contributed by atoms with E-state index in [0.29, 0.717) is 18.1 Å². The number of hydrogen-bond acceptors (Lipinski definition) is 6. The molecule has 1 amide bonds. The molecule has 0 bridgehead atoms. The molecule has 0 aliphatic carbocycles. The van der Waals surface area contributed by atoms with Crippen LogP contribution in [0.1, 0.15) is 13.8 Å². The topological polar surface area (TPSA) is 79.6 Å². The molecule has 0 aromatic heterocycles. The minimum atomic E-state index is -1.05. The highest BCUT2D eigenvalue weighted by molar-refractivity contribution is 8.05. The molecule has 1 unspecified atom stereocenters. The summed E-state index contributed by atoms with van der Waals surface area (Å²) < 4.78 is 10.0. The number of ether oxygens (including phenoxy) is 2. The van der Waals surface area contributed by atoms with Crippen molar-refractivity contribution in [2.75, 3.05) is 19.8 Å². The number of thioether (sulfide) groups is 1. The van der Waals surface area contributed by atoms with Gasteiger partial charge in [-0.3, -0.25) is 9.59 Å². The zero-order valence-electron chi connectivity index (χ0n) is 12.1. The van der Waals surface area contributed by atoms with Crippen molar-refractivity contribution in [3.05, 3.63) is 23.8 Å². The monoisotopic (exact) mass is 310 g/mol. The van der Waals surface area contributed by atoms with Gasteiger partial charge in [-0.15, -0.1) is 0 Å². The molecule has 21 heavy (non-hydrogen) atoms. The van der Waals surface area contributed by atoms with Crippen LogP contribution in [0.4, 0.5) is 0 Å². The molecular formula is C14H18N2O4S. The first-order valence-electron chi connectivity index (χ1n) is 6.57. The number of nitriles is 1. The van der Waals surface area contributed by atoms with Crippen LogP contribution >= 0.6 is 11.8 Å². The van der Waals surface area contributed by atoms with Crippen LogP contribution < -0.4 is 0 Å². The van der Waals surface area contributed by atoms with Crippen molar-refractivity contribution in [3.63, 3.8) is 0 Å². The van der Waals surface area contributed by atoms with E-state index in [1.165, 1.54) is 17.2 Å². The Morgan fingerprint density at radius 2 is 2.33 bits per heavy atom. The lowest BCUT2D eigenvalue weighted by Crippen LogP contribution is -2.40. The molecule has 6 nitrogen and oxygen atoms in total. The Morgan fingerprint density at radius 3 is 2.86 bits per heavy atom.